The third-order valence-electron chi connectivity index (χ3n) is 3.99. The van der Waals surface area contributed by atoms with Crippen LogP contribution in [0, 0.1) is 5.92 Å². The van der Waals surface area contributed by atoms with Crippen molar-refractivity contribution in [1.29, 1.82) is 0 Å². The van der Waals surface area contributed by atoms with Crippen molar-refractivity contribution in [3.8, 4) is 5.75 Å². The Morgan fingerprint density at radius 2 is 1.69 bits per heavy atom. The smallest absolute Gasteiger partial charge is 0.269 e. The third kappa shape index (κ3) is 6.18. The maximum absolute atomic E-state index is 12.6. The first-order valence-electron chi connectivity index (χ1n) is 8.66. The van der Waals surface area contributed by atoms with Crippen LogP contribution in [0.1, 0.15) is 24.2 Å². The molecule has 0 heterocycles. The highest BCUT2D eigenvalue weighted by molar-refractivity contribution is 7.89. The highest BCUT2D eigenvalue weighted by Crippen LogP contribution is 2.17. The molecular formula is C19H22ClN3O5S. The highest BCUT2D eigenvalue weighted by Gasteiger charge is 2.28. The number of benzene rings is 2. The van der Waals surface area contributed by atoms with Gasteiger partial charge in [0.05, 0.1) is 12.0 Å². The average molecular weight is 440 g/mol. The Morgan fingerprint density at radius 1 is 1.03 bits per heavy atom. The molecule has 0 fully saturated rings. The van der Waals surface area contributed by atoms with E-state index in [0.717, 1.165) is 0 Å². The van der Waals surface area contributed by atoms with Gasteiger partial charge >= 0.3 is 0 Å². The fourth-order valence-electron chi connectivity index (χ4n) is 2.37. The predicted molar refractivity (Wildman–Crippen MR) is 109 cm³/mol. The minimum absolute atomic E-state index is 0.0641. The molecule has 29 heavy (non-hydrogen) atoms. The Morgan fingerprint density at radius 3 is 2.24 bits per heavy atom. The topological polar surface area (TPSA) is 114 Å². The van der Waals surface area contributed by atoms with Crippen LogP contribution in [-0.4, -0.2) is 33.4 Å². The second-order valence-corrected chi connectivity index (χ2v) is 8.62. The van der Waals surface area contributed by atoms with Gasteiger partial charge in [-0.3, -0.25) is 20.4 Å². The average Bonchev–Trinajstić information content (AvgIpc) is 2.70. The standard InChI is InChI=1S/C19H22ClN3O5S/c1-12(2)17(23-29(26,27)16-6-4-5-14(20)11-16)19(25)22-21-18(24)13-7-9-15(28-3)10-8-13/h4-12,17,23H,1-3H3,(H,21,24)(H,22,25)/t17-/m0/s1. The van der Waals surface area contributed by atoms with Crippen LogP contribution in [0.5, 0.6) is 5.75 Å². The monoisotopic (exact) mass is 439 g/mol. The van der Waals surface area contributed by atoms with Crippen LogP contribution in [0.3, 0.4) is 0 Å². The number of ether oxygens (including phenoxy) is 1. The van der Waals surface area contributed by atoms with Crippen molar-refractivity contribution in [2.45, 2.75) is 24.8 Å². The SMILES string of the molecule is COc1ccc(C(=O)NNC(=O)[C@@H](NS(=O)(=O)c2cccc(Cl)c2)C(C)C)cc1. The lowest BCUT2D eigenvalue weighted by molar-refractivity contribution is -0.124. The molecule has 2 rings (SSSR count). The molecule has 0 radical (unpaired) electrons. The molecule has 2 aromatic rings. The van der Waals surface area contributed by atoms with Crippen LogP contribution in [0.2, 0.25) is 5.02 Å². The van der Waals surface area contributed by atoms with Crippen molar-refractivity contribution in [1.82, 2.24) is 15.6 Å². The van der Waals surface area contributed by atoms with Crippen LogP contribution >= 0.6 is 11.6 Å². The summed E-state index contributed by atoms with van der Waals surface area (Å²) in [4.78, 5) is 24.6. The summed E-state index contributed by atoms with van der Waals surface area (Å²) >= 11 is 5.85. The van der Waals surface area contributed by atoms with E-state index < -0.39 is 27.9 Å². The van der Waals surface area contributed by atoms with E-state index in [1.165, 1.54) is 37.4 Å². The first kappa shape index (κ1) is 22.7. The lowest BCUT2D eigenvalue weighted by Gasteiger charge is -2.21. The van der Waals surface area contributed by atoms with E-state index in [4.69, 9.17) is 16.3 Å². The molecule has 0 aromatic heterocycles. The van der Waals surface area contributed by atoms with Gasteiger partial charge in [-0.1, -0.05) is 31.5 Å². The van der Waals surface area contributed by atoms with E-state index in [0.29, 0.717) is 11.3 Å². The highest BCUT2D eigenvalue weighted by atomic mass is 35.5. The number of nitrogens with one attached hydrogen (secondary N) is 3. The van der Waals surface area contributed by atoms with E-state index in [-0.39, 0.29) is 15.8 Å². The molecule has 0 aliphatic heterocycles. The maximum atomic E-state index is 12.6. The largest absolute Gasteiger partial charge is 0.497 e. The second kappa shape index (κ2) is 9.73. The van der Waals surface area contributed by atoms with Gasteiger partial charge in [0, 0.05) is 10.6 Å². The number of carbonyl (C=O) groups is 2. The van der Waals surface area contributed by atoms with Gasteiger partial charge in [-0.2, -0.15) is 4.72 Å². The summed E-state index contributed by atoms with van der Waals surface area (Å²) in [6, 6.07) is 10.8. The quantitative estimate of drug-likeness (QED) is 0.572. The van der Waals surface area contributed by atoms with Crippen molar-refractivity contribution in [2.24, 2.45) is 5.92 Å². The number of carbonyl (C=O) groups excluding carboxylic acids is 2. The minimum atomic E-state index is -3.99. The molecule has 3 N–H and O–H groups in total. The zero-order valence-electron chi connectivity index (χ0n) is 16.1. The van der Waals surface area contributed by atoms with Crippen molar-refractivity contribution in [3.63, 3.8) is 0 Å². The normalized spacial score (nSPS) is 12.3. The summed E-state index contributed by atoms with van der Waals surface area (Å²) in [5, 5.41) is 0.255. The molecular weight excluding hydrogens is 418 g/mol. The van der Waals surface area contributed by atoms with Gasteiger partial charge in [-0.25, -0.2) is 8.42 Å². The number of sulfonamides is 1. The third-order valence-corrected chi connectivity index (χ3v) is 5.66. The molecule has 0 unspecified atom stereocenters. The zero-order chi connectivity index (χ0) is 21.6. The van der Waals surface area contributed by atoms with Crippen LogP contribution in [0.15, 0.2) is 53.4 Å². The van der Waals surface area contributed by atoms with Gasteiger partial charge in [0.1, 0.15) is 11.8 Å². The second-order valence-electron chi connectivity index (χ2n) is 6.47. The summed E-state index contributed by atoms with van der Waals surface area (Å²) in [5.74, 6) is -1.06. The number of methoxy groups -OCH3 is 1. The van der Waals surface area contributed by atoms with E-state index in [1.807, 2.05) is 0 Å². The predicted octanol–water partition coefficient (Wildman–Crippen LogP) is 2.11. The number of hydrogen-bond acceptors (Lipinski definition) is 5. The fourth-order valence-corrected chi connectivity index (χ4v) is 4.02. The summed E-state index contributed by atoms with van der Waals surface area (Å²) < 4.78 is 32.5. The number of halogens is 1. The van der Waals surface area contributed by atoms with E-state index >= 15 is 0 Å². The number of amides is 2. The van der Waals surface area contributed by atoms with Crippen molar-refractivity contribution >= 4 is 33.4 Å². The van der Waals surface area contributed by atoms with Gasteiger partial charge in [0.15, 0.2) is 0 Å². The Hall–Kier alpha value is -2.62. The van der Waals surface area contributed by atoms with Gasteiger partial charge in [0.25, 0.3) is 11.8 Å². The Kier molecular flexibility index (Phi) is 7.60. The molecule has 8 nitrogen and oxygen atoms in total. The molecule has 0 aliphatic rings. The van der Waals surface area contributed by atoms with Gasteiger partial charge in [-0.05, 0) is 48.4 Å². The van der Waals surface area contributed by atoms with Crippen molar-refractivity contribution in [3.05, 3.63) is 59.1 Å². The first-order chi connectivity index (χ1) is 13.6. The van der Waals surface area contributed by atoms with Crippen molar-refractivity contribution < 1.29 is 22.7 Å². The molecule has 156 valence electrons. The molecule has 2 amide bonds. The lowest BCUT2D eigenvalue weighted by atomic mass is 10.1. The van der Waals surface area contributed by atoms with Crippen LogP contribution in [0.4, 0.5) is 0 Å². The van der Waals surface area contributed by atoms with Gasteiger partial charge in [0.2, 0.25) is 10.0 Å². The molecule has 1 atom stereocenters. The maximum Gasteiger partial charge on any atom is 0.269 e. The molecule has 10 heteroatoms. The van der Waals surface area contributed by atoms with E-state index in [9.17, 15) is 18.0 Å². The minimum Gasteiger partial charge on any atom is -0.497 e. The van der Waals surface area contributed by atoms with Gasteiger partial charge in [-0.15, -0.1) is 0 Å². The molecule has 0 aliphatic carbocycles. The fraction of sp³-hybridized carbons (Fsp3) is 0.263. The Bertz CT molecular complexity index is 978. The molecule has 0 spiro atoms. The lowest BCUT2D eigenvalue weighted by Crippen LogP contribution is -2.54. The van der Waals surface area contributed by atoms with Crippen LogP contribution in [0.25, 0.3) is 0 Å². The number of rotatable bonds is 7. The van der Waals surface area contributed by atoms with E-state index in [2.05, 4.69) is 15.6 Å². The summed E-state index contributed by atoms with van der Waals surface area (Å²) in [6.07, 6.45) is 0. The molecule has 0 bridgehead atoms. The molecule has 0 saturated heterocycles. The Labute approximate surface area is 174 Å². The van der Waals surface area contributed by atoms with Crippen LogP contribution < -0.4 is 20.3 Å². The number of hydrogen-bond donors (Lipinski definition) is 3. The van der Waals surface area contributed by atoms with Crippen LogP contribution in [-0.2, 0) is 14.8 Å². The zero-order valence-corrected chi connectivity index (χ0v) is 17.7. The number of hydrazine groups is 1. The van der Waals surface area contributed by atoms with Crippen molar-refractivity contribution in [2.75, 3.05) is 7.11 Å². The van der Waals surface area contributed by atoms with E-state index in [1.54, 1.807) is 32.0 Å². The molecule has 0 saturated carbocycles. The first-order valence-corrected chi connectivity index (χ1v) is 10.5. The Balaban J connectivity index is 2.06. The summed E-state index contributed by atoms with van der Waals surface area (Å²) in [5.41, 5.74) is 4.82. The van der Waals surface area contributed by atoms with Gasteiger partial charge < -0.3 is 4.74 Å². The summed E-state index contributed by atoms with van der Waals surface area (Å²) in [7, 11) is -2.49. The summed E-state index contributed by atoms with van der Waals surface area (Å²) in [6.45, 7) is 3.35. The molecule has 2 aromatic carbocycles.